The fourth-order valence-corrected chi connectivity index (χ4v) is 5.62. The number of thioether (sulfide) groups is 1. The first-order valence-corrected chi connectivity index (χ1v) is 13.8. The molecule has 192 valence electrons. The Morgan fingerprint density at radius 3 is 2.51 bits per heavy atom. The van der Waals surface area contributed by atoms with E-state index >= 15 is 0 Å². The van der Waals surface area contributed by atoms with Crippen molar-refractivity contribution in [3.05, 3.63) is 77.9 Å². The van der Waals surface area contributed by atoms with Crippen molar-refractivity contribution >= 4 is 28.6 Å². The standard InChI is InChI=1S/C30H32N2O4S/c1-35-27-19-23(10-11-25(27)33)29-30(37-2)24-18-21(8-12-26(24)36-29)9-13-28(34)32-16-14-31(15-17-32)20-22-6-4-3-5-7-22/h3-8,10-12,18-19,33H,9,13-17,20H2,1-2H3. The zero-order chi connectivity index (χ0) is 25.8. The number of phenols is 1. The topological polar surface area (TPSA) is 66.2 Å². The van der Waals surface area contributed by atoms with Gasteiger partial charge < -0.3 is 19.2 Å². The van der Waals surface area contributed by atoms with E-state index in [0.29, 0.717) is 18.6 Å². The molecule has 0 bridgehead atoms. The number of fused-ring (bicyclic) bond motifs is 1. The van der Waals surface area contributed by atoms with E-state index in [1.165, 1.54) is 12.7 Å². The van der Waals surface area contributed by atoms with Gasteiger partial charge in [-0.3, -0.25) is 9.69 Å². The molecule has 7 heteroatoms. The first-order chi connectivity index (χ1) is 18.1. The SMILES string of the molecule is COc1cc(-c2oc3ccc(CCC(=O)N4CCN(Cc5ccccc5)CC4)cc3c2SC)ccc1O. The van der Waals surface area contributed by atoms with Gasteiger partial charge in [-0.05, 0) is 54.1 Å². The summed E-state index contributed by atoms with van der Waals surface area (Å²) in [6.45, 7) is 4.31. The number of benzene rings is 3. The number of nitrogens with zero attached hydrogens (tertiary/aromatic N) is 2. The minimum absolute atomic E-state index is 0.0950. The van der Waals surface area contributed by atoms with Crippen molar-refractivity contribution in [3.8, 4) is 22.8 Å². The fraction of sp³-hybridized carbons (Fsp3) is 0.300. The molecular weight excluding hydrogens is 484 g/mol. The molecule has 1 N–H and O–H groups in total. The lowest BCUT2D eigenvalue weighted by molar-refractivity contribution is -0.133. The summed E-state index contributed by atoms with van der Waals surface area (Å²) in [7, 11) is 1.53. The molecule has 37 heavy (non-hydrogen) atoms. The van der Waals surface area contributed by atoms with E-state index in [2.05, 4.69) is 35.2 Å². The second-order valence-electron chi connectivity index (χ2n) is 9.32. The Labute approximate surface area is 221 Å². The Balaban J connectivity index is 1.23. The number of methoxy groups -OCH3 is 1. The van der Waals surface area contributed by atoms with Crippen LogP contribution in [-0.2, 0) is 17.8 Å². The van der Waals surface area contributed by atoms with Crippen LogP contribution in [-0.4, -0.2) is 60.4 Å². The summed E-state index contributed by atoms with van der Waals surface area (Å²) in [6.07, 6.45) is 3.22. The lowest BCUT2D eigenvalue weighted by Crippen LogP contribution is -2.48. The minimum Gasteiger partial charge on any atom is -0.504 e. The summed E-state index contributed by atoms with van der Waals surface area (Å²) in [6, 6.07) is 21.9. The molecule has 1 aliphatic heterocycles. The Hall–Kier alpha value is -3.42. The molecule has 0 spiro atoms. The van der Waals surface area contributed by atoms with E-state index in [9.17, 15) is 9.90 Å². The molecule has 6 nitrogen and oxygen atoms in total. The highest BCUT2D eigenvalue weighted by Gasteiger charge is 2.22. The van der Waals surface area contributed by atoms with Crippen LogP contribution in [0.3, 0.4) is 0 Å². The third-order valence-corrected chi connectivity index (χ3v) is 7.77. The van der Waals surface area contributed by atoms with E-state index < -0.39 is 0 Å². The second kappa shape index (κ2) is 11.3. The summed E-state index contributed by atoms with van der Waals surface area (Å²) in [5.74, 6) is 1.47. The zero-order valence-electron chi connectivity index (χ0n) is 21.3. The summed E-state index contributed by atoms with van der Waals surface area (Å²) < 4.78 is 11.5. The van der Waals surface area contributed by atoms with Crippen molar-refractivity contribution in [2.24, 2.45) is 0 Å². The van der Waals surface area contributed by atoms with Gasteiger partial charge in [0.1, 0.15) is 11.3 Å². The van der Waals surface area contributed by atoms with Crippen LogP contribution in [0.1, 0.15) is 17.5 Å². The van der Waals surface area contributed by atoms with Crippen molar-refractivity contribution in [2.75, 3.05) is 39.5 Å². The van der Waals surface area contributed by atoms with Gasteiger partial charge in [0.25, 0.3) is 0 Å². The number of rotatable bonds is 8. The Morgan fingerprint density at radius 2 is 1.78 bits per heavy atom. The number of furan rings is 1. The molecule has 0 radical (unpaired) electrons. The molecule has 0 atom stereocenters. The number of piperazine rings is 1. The van der Waals surface area contributed by atoms with Crippen molar-refractivity contribution in [1.82, 2.24) is 9.80 Å². The molecule has 4 aromatic rings. The van der Waals surface area contributed by atoms with E-state index in [-0.39, 0.29) is 11.7 Å². The maximum atomic E-state index is 13.0. The molecule has 3 aromatic carbocycles. The molecule has 1 saturated heterocycles. The third-order valence-electron chi connectivity index (χ3n) is 6.95. The lowest BCUT2D eigenvalue weighted by Gasteiger charge is -2.34. The number of carbonyl (C=O) groups is 1. The van der Waals surface area contributed by atoms with Crippen molar-refractivity contribution < 1.29 is 19.1 Å². The van der Waals surface area contributed by atoms with Gasteiger partial charge in [0.2, 0.25) is 5.91 Å². The smallest absolute Gasteiger partial charge is 0.222 e. The summed E-state index contributed by atoms with van der Waals surface area (Å²) in [4.78, 5) is 18.4. The van der Waals surface area contributed by atoms with E-state index in [1.807, 2.05) is 35.4 Å². The van der Waals surface area contributed by atoms with Gasteiger partial charge in [-0.1, -0.05) is 36.4 Å². The number of ether oxygens (including phenoxy) is 1. The van der Waals surface area contributed by atoms with Gasteiger partial charge in [0.05, 0.1) is 12.0 Å². The minimum atomic E-state index is 0.0950. The van der Waals surface area contributed by atoms with Gasteiger partial charge in [-0.25, -0.2) is 0 Å². The fourth-order valence-electron chi connectivity index (χ4n) is 4.90. The van der Waals surface area contributed by atoms with Crippen molar-refractivity contribution in [1.29, 1.82) is 0 Å². The molecule has 0 aliphatic carbocycles. The van der Waals surface area contributed by atoms with Crippen molar-refractivity contribution in [2.45, 2.75) is 24.3 Å². The number of carbonyl (C=O) groups excluding carboxylic acids is 1. The predicted octanol–water partition coefficient (Wildman–Crippen LogP) is 5.81. The summed E-state index contributed by atoms with van der Waals surface area (Å²) in [5, 5.41) is 11.0. The monoisotopic (exact) mass is 516 g/mol. The van der Waals surface area contributed by atoms with Crippen LogP contribution in [0.2, 0.25) is 0 Å². The number of aromatic hydroxyl groups is 1. The highest BCUT2D eigenvalue weighted by atomic mass is 32.2. The molecule has 1 aliphatic rings. The van der Waals surface area contributed by atoms with E-state index in [4.69, 9.17) is 9.15 Å². The van der Waals surface area contributed by atoms with Gasteiger partial charge in [0, 0.05) is 50.1 Å². The molecule has 1 amide bonds. The Kier molecular flexibility index (Phi) is 7.72. The molecule has 1 fully saturated rings. The first-order valence-electron chi connectivity index (χ1n) is 12.6. The summed E-state index contributed by atoms with van der Waals surface area (Å²) in [5.41, 5.74) is 4.08. The highest BCUT2D eigenvalue weighted by Crippen LogP contribution is 2.42. The largest absolute Gasteiger partial charge is 0.504 e. The van der Waals surface area contributed by atoms with Crippen molar-refractivity contribution in [3.63, 3.8) is 0 Å². The average molecular weight is 517 g/mol. The Morgan fingerprint density at radius 1 is 1.00 bits per heavy atom. The number of hydrogen-bond donors (Lipinski definition) is 1. The quantitative estimate of drug-likeness (QED) is 0.298. The van der Waals surface area contributed by atoms with Crippen LogP contribution in [0.5, 0.6) is 11.5 Å². The zero-order valence-corrected chi connectivity index (χ0v) is 22.1. The highest BCUT2D eigenvalue weighted by molar-refractivity contribution is 7.99. The third kappa shape index (κ3) is 5.63. The number of aryl methyl sites for hydroxylation is 1. The van der Waals surface area contributed by atoms with Crippen LogP contribution in [0, 0.1) is 0 Å². The van der Waals surface area contributed by atoms with E-state index in [1.54, 1.807) is 23.9 Å². The van der Waals surface area contributed by atoms with E-state index in [0.717, 1.165) is 65.5 Å². The van der Waals surface area contributed by atoms with Gasteiger partial charge >= 0.3 is 0 Å². The van der Waals surface area contributed by atoms with Gasteiger partial charge in [0.15, 0.2) is 11.5 Å². The van der Waals surface area contributed by atoms with Gasteiger partial charge in [-0.2, -0.15) is 0 Å². The van der Waals surface area contributed by atoms with Crippen LogP contribution < -0.4 is 4.74 Å². The maximum Gasteiger partial charge on any atom is 0.222 e. The predicted molar refractivity (Wildman–Crippen MR) is 148 cm³/mol. The van der Waals surface area contributed by atoms with Crippen LogP contribution >= 0.6 is 11.8 Å². The number of hydrogen-bond acceptors (Lipinski definition) is 6. The number of phenolic OH excluding ortho intramolecular Hbond substituents is 1. The van der Waals surface area contributed by atoms with Crippen LogP contribution in [0.15, 0.2) is 76.0 Å². The summed E-state index contributed by atoms with van der Waals surface area (Å²) >= 11 is 1.62. The van der Waals surface area contributed by atoms with Crippen LogP contribution in [0.25, 0.3) is 22.3 Å². The lowest BCUT2D eigenvalue weighted by atomic mass is 10.1. The molecule has 1 aromatic heterocycles. The van der Waals surface area contributed by atoms with Gasteiger partial charge in [-0.15, -0.1) is 11.8 Å². The second-order valence-corrected chi connectivity index (χ2v) is 10.1. The molecule has 0 unspecified atom stereocenters. The molecule has 2 heterocycles. The number of amides is 1. The maximum absolute atomic E-state index is 13.0. The average Bonchev–Trinajstić information content (AvgIpc) is 3.31. The molecule has 0 saturated carbocycles. The molecular formula is C30H32N2O4S. The van der Waals surface area contributed by atoms with Crippen LogP contribution in [0.4, 0.5) is 0 Å². The normalized spacial score (nSPS) is 14.3. The molecule has 5 rings (SSSR count). The first kappa shape index (κ1) is 25.2. The Bertz CT molecular complexity index is 1380.